The predicted molar refractivity (Wildman–Crippen MR) is 112 cm³/mol. The molecule has 0 spiro atoms. The lowest BCUT2D eigenvalue weighted by atomic mass is 9.78. The molecule has 29 heavy (non-hydrogen) atoms. The van der Waals surface area contributed by atoms with Crippen LogP contribution in [0.1, 0.15) is 52.7 Å². The van der Waals surface area contributed by atoms with Crippen molar-refractivity contribution in [2.45, 2.75) is 52.4 Å². The van der Waals surface area contributed by atoms with Crippen molar-refractivity contribution in [2.75, 3.05) is 6.26 Å². The fraction of sp³-hybridized carbons (Fsp3) is 0.500. The van der Waals surface area contributed by atoms with E-state index in [1.807, 2.05) is 53.7 Å². The van der Waals surface area contributed by atoms with Crippen molar-refractivity contribution in [3.63, 3.8) is 0 Å². The van der Waals surface area contributed by atoms with Gasteiger partial charge in [0.15, 0.2) is 5.96 Å². The van der Waals surface area contributed by atoms with Gasteiger partial charge < -0.3 is 21.1 Å². The van der Waals surface area contributed by atoms with E-state index in [0.717, 1.165) is 16.7 Å². The first kappa shape index (κ1) is 24.4. The Morgan fingerprint density at radius 3 is 1.83 bits per heavy atom. The second-order valence-corrected chi connectivity index (χ2v) is 10.1. The summed E-state index contributed by atoms with van der Waals surface area (Å²) in [5, 5.41) is 14.7. The van der Waals surface area contributed by atoms with E-state index in [4.69, 9.17) is 20.5 Å². The van der Waals surface area contributed by atoms with Crippen LogP contribution < -0.4 is 11.5 Å². The zero-order valence-corrected chi connectivity index (χ0v) is 18.5. The second-order valence-electron chi connectivity index (χ2n) is 8.59. The molecule has 2 aromatic rings. The van der Waals surface area contributed by atoms with E-state index in [2.05, 4.69) is 15.1 Å². The van der Waals surface area contributed by atoms with Gasteiger partial charge in [-0.3, -0.25) is 4.55 Å². The summed E-state index contributed by atoms with van der Waals surface area (Å²) in [7, 11) is -3.67. The first-order valence-electron chi connectivity index (χ1n) is 8.63. The first-order chi connectivity index (χ1) is 12.9. The molecule has 2 rings (SSSR count). The monoisotopic (exact) mass is 427 g/mol. The van der Waals surface area contributed by atoms with Gasteiger partial charge >= 0.3 is 6.01 Å². The molecule has 11 heteroatoms. The van der Waals surface area contributed by atoms with Crippen LogP contribution in [0.2, 0.25) is 0 Å². The van der Waals surface area contributed by atoms with Crippen LogP contribution in [0.3, 0.4) is 0 Å². The van der Waals surface area contributed by atoms with E-state index in [1.54, 1.807) is 0 Å². The van der Waals surface area contributed by atoms with Gasteiger partial charge in [-0.15, -0.1) is 0 Å². The van der Waals surface area contributed by atoms with E-state index < -0.39 is 10.1 Å². The van der Waals surface area contributed by atoms with Crippen molar-refractivity contribution in [1.29, 1.82) is 0 Å². The fourth-order valence-electron chi connectivity index (χ4n) is 2.40. The Hall–Kier alpha value is -2.66. The highest BCUT2D eigenvalue weighted by atomic mass is 32.2. The predicted octanol–water partition coefficient (Wildman–Crippen LogP) is 2.45. The van der Waals surface area contributed by atoms with Crippen molar-refractivity contribution in [1.82, 2.24) is 10.1 Å². The number of guanidine groups is 1. The van der Waals surface area contributed by atoms with Crippen LogP contribution in [0.25, 0.3) is 11.4 Å². The molecule has 1 heterocycles. The molecule has 0 aliphatic carbocycles. The first-order valence-corrected chi connectivity index (χ1v) is 10.5. The molecule has 162 valence electrons. The number of rotatable bonds is 2. The van der Waals surface area contributed by atoms with E-state index in [9.17, 15) is 13.5 Å². The van der Waals surface area contributed by atoms with E-state index in [1.165, 1.54) is 0 Å². The number of aliphatic imine (C=N–C) groups is 1. The van der Waals surface area contributed by atoms with E-state index >= 15 is 0 Å². The molecular formula is C18H29N5O5S. The third-order valence-electron chi connectivity index (χ3n) is 3.62. The van der Waals surface area contributed by atoms with Gasteiger partial charge in [0.05, 0.1) is 6.26 Å². The minimum atomic E-state index is -3.67. The SMILES string of the molecule is CC(C)(C)c1cc(-c2noc(N=C(N)N)n2)cc(C(C)(C)C)c1O.CS(=O)(=O)O. The minimum Gasteiger partial charge on any atom is -0.507 e. The number of aromatic hydroxyl groups is 1. The number of nitrogens with zero attached hydrogens (tertiary/aromatic N) is 3. The molecule has 0 aliphatic rings. The number of hydrogen-bond donors (Lipinski definition) is 4. The Balaban J connectivity index is 0.000000749. The van der Waals surface area contributed by atoms with E-state index in [0.29, 0.717) is 17.8 Å². The van der Waals surface area contributed by atoms with Crippen molar-refractivity contribution >= 4 is 22.1 Å². The van der Waals surface area contributed by atoms with Gasteiger partial charge in [-0.05, 0) is 23.0 Å². The standard InChI is InChI=1S/C17H25N5O2.CH4O3S/c1-16(2,3)10-7-9(8-11(12(10)23)17(4,5)6)13-20-15(24-22-13)21-14(18)19;1-5(2,3)4/h7-8,23H,1-6H3,(H4,18,19,20,21,22);1H3,(H,2,3,4). The Bertz CT molecular complexity index is 951. The molecule has 1 aromatic carbocycles. The summed E-state index contributed by atoms with van der Waals surface area (Å²) in [5.74, 6) is 0.513. The lowest BCUT2D eigenvalue weighted by Crippen LogP contribution is -2.21. The number of nitrogens with two attached hydrogens (primary N) is 2. The fourth-order valence-corrected chi connectivity index (χ4v) is 2.40. The molecular weight excluding hydrogens is 398 g/mol. The highest BCUT2D eigenvalue weighted by Gasteiger charge is 2.27. The van der Waals surface area contributed by atoms with Crippen LogP contribution in [0.4, 0.5) is 6.01 Å². The molecule has 6 N–H and O–H groups in total. The van der Waals surface area contributed by atoms with Crippen LogP contribution in [0, 0.1) is 0 Å². The van der Waals surface area contributed by atoms with Gasteiger partial charge in [0, 0.05) is 16.7 Å². The zero-order chi connectivity index (χ0) is 22.8. The quantitative estimate of drug-likeness (QED) is 0.318. The topological polar surface area (TPSA) is 178 Å². The molecule has 0 radical (unpaired) electrons. The average Bonchev–Trinajstić information content (AvgIpc) is 2.90. The molecule has 10 nitrogen and oxygen atoms in total. The lowest BCUT2D eigenvalue weighted by molar-refractivity contribution is 0.422. The molecule has 0 saturated heterocycles. The zero-order valence-electron chi connectivity index (χ0n) is 17.7. The molecule has 0 bridgehead atoms. The molecule has 0 fully saturated rings. The maximum absolute atomic E-state index is 10.7. The average molecular weight is 428 g/mol. The van der Waals surface area contributed by atoms with Crippen LogP contribution in [0.5, 0.6) is 5.75 Å². The summed E-state index contributed by atoms with van der Waals surface area (Å²) >= 11 is 0. The molecule has 0 amide bonds. The van der Waals surface area contributed by atoms with Gasteiger partial charge in [-0.25, -0.2) is 0 Å². The summed E-state index contributed by atoms with van der Waals surface area (Å²) in [5.41, 5.74) is 12.5. The highest BCUT2D eigenvalue weighted by molar-refractivity contribution is 7.85. The van der Waals surface area contributed by atoms with Crippen molar-refractivity contribution in [2.24, 2.45) is 16.5 Å². The Labute approximate surface area is 170 Å². The minimum absolute atomic E-state index is 0.00677. The van der Waals surface area contributed by atoms with Gasteiger partial charge in [-0.2, -0.15) is 18.4 Å². The Kier molecular flexibility index (Phi) is 7.04. The number of phenols is 1. The van der Waals surface area contributed by atoms with Crippen molar-refractivity contribution in [3.8, 4) is 17.1 Å². The third kappa shape index (κ3) is 7.70. The summed E-state index contributed by atoms with van der Waals surface area (Å²) in [6.07, 6.45) is 0.715. The number of phenolic OH excluding ortho intramolecular Hbond substituents is 1. The largest absolute Gasteiger partial charge is 0.507 e. The Morgan fingerprint density at radius 1 is 1.07 bits per heavy atom. The van der Waals surface area contributed by atoms with Crippen molar-refractivity contribution < 1.29 is 22.6 Å². The van der Waals surface area contributed by atoms with Crippen molar-refractivity contribution in [3.05, 3.63) is 23.3 Å². The highest BCUT2D eigenvalue weighted by Crippen LogP contribution is 2.41. The Morgan fingerprint density at radius 2 is 1.48 bits per heavy atom. The van der Waals surface area contributed by atoms with Gasteiger partial charge in [0.1, 0.15) is 5.75 Å². The second kappa shape index (κ2) is 8.37. The van der Waals surface area contributed by atoms with Gasteiger partial charge in [0.25, 0.3) is 10.1 Å². The molecule has 1 aromatic heterocycles. The molecule has 0 aliphatic heterocycles. The number of aromatic nitrogens is 2. The molecule has 0 atom stereocenters. The van der Waals surface area contributed by atoms with Crippen LogP contribution in [0.15, 0.2) is 21.6 Å². The number of hydrogen-bond acceptors (Lipinski definition) is 7. The summed E-state index contributed by atoms with van der Waals surface area (Å²) < 4.78 is 30.9. The maximum atomic E-state index is 10.7. The third-order valence-corrected chi connectivity index (χ3v) is 3.62. The van der Waals surface area contributed by atoms with Crippen LogP contribution >= 0.6 is 0 Å². The summed E-state index contributed by atoms with van der Waals surface area (Å²) in [6.45, 7) is 12.2. The summed E-state index contributed by atoms with van der Waals surface area (Å²) in [4.78, 5) is 7.94. The summed E-state index contributed by atoms with van der Waals surface area (Å²) in [6, 6.07) is 3.73. The lowest BCUT2D eigenvalue weighted by Gasteiger charge is -2.27. The smallest absolute Gasteiger partial charge is 0.351 e. The van der Waals surface area contributed by atoms with Crippen LogP contribution in [-0.4, -0.2) is 40.4 Å². The van der Waals surface area contributed by atoms with Gasteiger partial charge in [-0.1, -0.05) is 46.7 Å². The molecule has 0 unspecified atom stereocenters. The van der Waals surface area contributed by atoms with E-state index in [-0.39, 0.29) is 22.8 Å². The maximum Gasteiger partial charge on any atom is 0.351 e. The van der Waals surface area contributed by atoms with Crippen LogP contribution in [-0.2, 0) is 20.9 Å². The normalized spacial score (nSPS) is 12.1. The molecule has 0 saturated carbocycles. The van der Waals surface area contributed by atoms with Gasteiger partial charge in [0.2, 0.25) is 5.82 Å². The number of benzene rings is 1.